The first-order valence-corrected chi connectivity index (χ1v) is 10.9. The zero-order chi connectivity index (χ0) is 22.1. The Morgan fingerprint density at radius 1 is 1.27 bits per heavy atom. The van der Waals surface area contributed by atoms with Crippen LogP contribution >= 0.6 is 0 Å². The lowest BCUT2D eigenvalue weighted by Gasteiger charge is -2.18. The SMILES string of the molecule is COc1cc(N=Cc2c(C)c(C#N)c(=O)n([C@@H]3CCS(=O)(=O)C3)c2O)cc(OC)c1. The van der Waals surface area contributed by atoms with E-state index >= 15 is 0 Å². The molecule has 1 saturated heterocycles. The minimum absolute atomic E-state index is 0.0770. The van der Waals surface area contributed by atoms with Crippen LogP contribution in [-0.2, 0) is 9.84 Å². The molecule has 0 unspecified atom stereocenters. The quantitative estimate of drug-likeness (QED) is 0.715. The Morgan fingerprint density at radius 2 is 1.90 bits per heavy atom. The highest BCUT2D eigenvalue weighted by molar-refractivity contribution is 7.91. The predicted octanol–water partition coefficient (Wildman–Crippen LogP) is 1.86. The maximum Gasteiger partial charge on any atom is 0.271 e. The van der Waals surface area contributed by atoms with Crippen LogP contribution in [0.3, 0.4) is 0 Å². The van der Waals surface area contributed by atoms with Crippen molar-refractivity contribution in [1.29, 1.82) is 5.26 Å². The van der Waals surface area contributed by atoms with Gasteiger partial charge < -0.3 is 14.6 Å². The first kappa shape index (κ1) is 21.4. The lowest BCUT2D eigenvalue weighted by molar-refractivity contribution is 0.379. The average Bonchev–Trinajstić information content (AvgIpc) is 3.07. The number of hydrogen-bond acceptors (Lipinski definition) is 8. The van der Waals surface area contributed by atoms with Gasteiger partial charge in [-0.2, -0.15) is 5.26 Å². The molecular weight excluding hydrogens is 410 g/mol. The second-order valence-electron chi connectivity index (χ2n) is 6.91. The summed E-state index contributed by atoms with van der Waals surface area (Å²) in [6.07, 6.45) is 1.52. The summed E-state index contributed by atoms with van der Waals surface area (Å²) in [6, 6.07) is 6.09. The fraction of sp³-hybridized carbons (Fsp3) is 0.350. The molecule has 0 aliphatic carbocycles. The Balaban J connectivity index is 2.14. The molecule has 9 nitrogen and oxygen atoms in total. The van der Waals surface area contributed by atoms with E-state index in [1.807, 2.05) is 6.07 Å². The van der Waals surface area contributed by atoms with Crippen LogP contribution in [-0.4, -0.2) is 50.0 Å². The highest BCUT2D eigenvalue weighted by atomic mass is 32.2. The van der Waals surface area contributed by atoms with Gasteiger partial charge in [-0.3, -0.25) is 14.4 Å². The third-order valence-electron chi connectivity index (χ3n) is 5.05. The van der Waals surface area contributed by atoms with E-state index < -0.39 is 27.3 Å². The van der Waals surface area contributed by atoms with Crippen molar-refractivity contribution in [1.82, 2.24) is 4.57 Å². The number of rotatable bonds is 5. The molecular formula is C20H21N3O6S. The normalized spacial score (nSPS) is 17.7. The van der Waals surface area contributed by atoms with Gasteiger partial charge in [0.25, 0.3) is 5.56 Å². The number of pyridine rings is 1. The number of nitriles is 1. The largest absolute Gasteiger partial charge is 0.497 e. The van der Waals surface area contributed by atoms with E-state index in [1.165, 1.54) is 27.4 Å². The smallest absolute Gasteiger partial charge is 0.271 e. The van der Waals surface area contributed by atoms with E-state index in [-0.39, 0.29) is 34.6 Å². The Labute approximate surface area is 173 Å². The lowest BCUT2D eigenvalue weighted by atomic mass is 10.0. The molecule has 1 N–H and O–H groups in total. The average molecular weight is 431 g/mol. The number of aromatic nitrogens is 1. The van der Waals surface area contributed by atoms with Crippen molar-refractivity contribution in [2.75, 3.05) is 25.7 Å². The highest BCUT2D eigenvalue weighted by Crippen LogP contribution is 2.31. The van der Waals surface area contributed by atoms with Gasteiger partial charge in [0, 0.05) is 24.4 Å². The first-order chi connectivity index (χ1) is 14.2. The highest BCUT2D eigenvalue weighted by Gasteiger charge is 2.33. The monoisotopic (exact) mass is 431 g/mol. The van der Waals surface area contributed by atoms with Crippen LogP contribution in [0.2, 0.25) is 0 Å². The maximum atomic E-state index is 12.7. The summed E-state index contributed by atoms with van der Waals surface area (Å²) in [5.41, 5.74) is 0.00854. The Bertz CT molecular complexity index is 1200. The molecule has 30 heavy (non-hydrogen) atoms. The minimum Gasteiger partial charge on any atom is -0.497 e. The first-order valence-electron chi connectivity index (χ1n) is 9.06. The van der Waals surface area contributed by atoms with Gasteiger partial charge >= 0.3 is 0 Å². The molecule has 158 valence electrons. The third-order valence-corrected chi connectivity index (χ3v) is 6.80. The van der Waals surface area contributed by atoms with E-state index in [4.69, 9.17) is 9.47 Å². The van der Waals surface area contributed by atoms with Gasteiger partial charge in [-0.25, -0.2) is 8.42 Å². The Kier molecular flexibility index (Phi) is 5.85. The summed E-state index contributed by atoms with van der Waals surface area (Å²) < 4.78 is 35.1. The Morgan fingerprint density at radius 3 is 2.40 bits per heavy atom. The molecule has 0 saturated carbocycles. The molecule has 1 fully saturated rings. The Hall–Kier alpha value is -3.32. The van der Waals surface area contributed by atoms with Crippen LogP contribution in [0.4, 0.5) is 5.69 Å². The number of hydrogen-bond donors (Lipinski definition) is 1. The van der Waals surface area contributed by atoms with Gasteiger partial charge in [-0.05, 0) is 18.9 Å². The van der Waals surface area contributed by atoms with Crippen molar-refractivity contribution in [2.45, 2.75) is 19.4 Å². The summed E-state index contributed by atoms with van der Waals surface area (Å²) in [5.74, 6) is 0.268. The molecule has 0 amide bonds. The second-order valence-corrected chi connectivity index (χ2v) is 9.14. The molecule has 2 heterocycles. The summed E-state index contributed by atoms with van der Waals surface area (Å²) in [5, 5.41) is 20.3. The number of aromatic hydroxyl groups is 1. The second kappa shape index (κ2) is 8.20. The van der Waals surface area contributed by atoms with Crippen molar-refractivity contribution >= 4 is 21.7 Å². The van der Waals surface area contributed by atoms with E-state index in [2.05, 4.69) is 4.99 Å². The van der Waals surface area contributed by atoms with E-state index in [0.717, 1.165) is 4.57 Å². The minimum atomic E-state index is -3.31. The topological polar surface area (TPSA) is 131 Å². The van der Waals surface area contributed by atoms with Gasteiger partial charge in [-0.15, -0.1) is 0 Å². The van der Waals surface area contributed by atoms with Gasteiger partial charge in [0.15, 0.2) is 9.84 Å². The predicted molar refractivity (Wildman–Crippen MR) is 111 cm³/mol. The summed E-state index contributed by atoms with van der Waals surface area (Å²) in [4.78, 5) is 17.1. The standard InChI is InChI=1S/C20H21N3O6S/c1-12-17(9-21)19(24)23(14-4-5-30(26,27)11-14)20(25)18(12)10-22-13-6-15(28-2)8-16(7-13)29-3/h6-8,10,14,25H,4-5,11H2,1-3H3/t14-/m1/s1. The molecule has 1 aromatic heterocycles. The summed E-state index contributed by atoms with van der Waals surface area (Å²) in [7, 11) is -0.300. The molecule has 0 bridgehead atoms. The zero-order valence-corrected chi connectivity index (χ0v) is 17.6. The van der Waals surface area contributed by atoms with E-state index in [1.54, 1.807) is 18.2 Å². The molecule has 1 atom stereocenters. The van der Waals surface area contributed by atoms with Gasteiger partial charge in [0.1, 0.15) is 23.1 Å². The fourth-order valence-electron chi connectivity index (χ4n) is 3.42. The van der Waals surface area contributed by atoms with Crippen LogP contribution in [0.1, 0.15) is 29.2 Å². The van der Waals surface area contributed by atoms with Gasteiger partial charge in [-0.1, -0.05) is 0 Å². The number of nitrogens with zero attached hydrogens (tertiary/aromatic N) is 3. The van der Waals surface area contributed by atoms with Gasteiger partial charge in [0.05, 0.1) is 43.0 Å². The fourth-order valence-corrected chi connectivity index (χ4v) is 5.12. The molecule has 3 rings (SSSR count). The van der Waals surface area contributed by atoms with E-state index in [0.29, 0.717) is 17.2 Å². The number of benzene rings is 1. The van der Waals surface area contributed by atoms with Crippen LogP contribution in [0.15, 0.2) is 28.0 Å². The van der Waals surface area contributed by atoms with Crippen LogP contribution in [0.5, 0.6) is 17.4 Å². The third kappa shape index (κ3) is 4.02. The lowest BCUT2D eigenvalue weighted by Crippen LogP contribution is -2.29. The molecule has 1 aliphatic heterocycles. The summed E-state index contributed by atoms with van der Waals surface area (Å²) in [6.45, 7) is 1.53. The van der Waals surface area contributed by atoms with Crippen molar-refractivity contribution in [3.8, 4) is 23.4 Å². The van der Waals surface area contributed by atoms with Crippen molar-refractivity contribution < 1.29 is 23.0 Å². The zero-order valence-electron chi connectivity index (χ0n) is 16.7. The van der Waals surface area contributed by atoms with Crippen molar-refractivity contribution in [2.24, 2.45) is 4.99 Å². The molecule has 2 aromatic rings. The van der Waals surface area contributed by atoms with Crippen molar-refractivity contribution in [3.63, 3.8) is 0 Å². The van der Waals surface area contributed by atoms with Crippen LogP contribution in [0, 0.1) is 18.3 Å². The number of ether oxygens (including phenoxy) is 2. The number of aliphatic imine (C=N–C) groups is 1. The molecule has 1 aliphatic rings. The van der Waals surface area contributed by atoms with Crippen LogP contribution < -0.4 is 15.0 Å². The maximum absolute atomic E-state index is 12.7. The molecule has 1 aromatic carbocycles. The number of sulfone groups is 1. The van der Waals surface area contributed by atoms with Crippen LogP contribution in [0.25, 0.3) is 0 Å². The van der Waals surface area contributed by atoms with E-state index in [9.17, 15) is 23.6 Å². The molecule has 10 heteroatoms. The number of methoxy groups -OCH3 is 2. The summed E-state index contributed by atoms with van der Waals surface area (Å²) >= 11 is 0. The molecule has 0 spiro atoms. The molecule has 0 radical (unpaired) electrons. The van der Waals surface area contributed by atoms with Crippen molar-refractivity contribution in [3.05, 3.63) is 45.2 Å². The van der Waals surface area contributed by atoms with Gasteiger partial charge in [0.2, 0.25) is 5.88 Å².